The summed E-state index contributed by atoms with van der Waals surface area (Å²) in [5.41, 5.74) is 1.34. The molecule has 0 radical (unpaired) electrons. The average Bonchev–Trinajstić information content (AvgIpc) is 3.21. The van der Waals surface area contributed by atoms with Gasteiger partial charge in [-0.1, -0.05) is 13.0 Å². The van der Waals surface area contributed by atoms with Crippen LogP contribution >= 0.6 is 0 Å². The average molecular weight is 247 g/mol. The van der Waals surface area contributed by atoms with Crippen LogP contribution < -0.4 is 14.8 Å². The number of hydrogen-bond acceptors (Lipinski definition) is 3. The molecule has 1 aromatic rings. The van der Waals surface area contributed by atoms with E-state index in [9.17, 15) is 0 Å². The Hall–Kier alpha value is -1.22. The lowest BCUT2D eigenvalue weighted by Gasteiger charge is -2.19. The summed E-state index contributed by atoms with van der Waals surface area (Å²) < 4.78 is 11.4. The highest BCUT2D eigenvalue weighted by atomic mass is 16.5. The number of fused-ring (bicyclic) bond motifs is 1. The topological polar surface area (TPSA) is 30.5 Å². The van der Waals surface area contributed by atoms with Crippen LogP contribution in [0.5, 0.6) is 11.5 Å². The van der Waals surface area contributed by atoms with Crippen LogP contribution in [0.15, 0.2) is 18.2 Å². The highest BCUT2D eigenvalue weighted by Gasteiger charge is 2.32. The van der Waals surface area contributed by atoms with E-state index in [1.807, 2.05) is 0 Å². The molecule has 0 amide bonds. The molecule has 2 aliphatic rings. The summed E-state index contributed by atoms with van der Waals surface area (Å²) >= 11 is 0. The molecule has 0 bridgehead atoms. The van der Waals surface area contributed by atoms with Gasteiger partial charge in [-0.15, -0.1) is 0 Å². The first-order chi connectivity index (χ1) is 8.88. The zero-order chi connectivity index (χ0) is 12.4. The van der Waals surface area contributed by atoms with E-state index >= 15 is 0 Å². The van der Waals surface area contributed by atoms with Gasteiger partial charge in [-0.3, -0.25) is 0 Å². The first-order valence-electron chi connectivity index (χ1n) is 7.01. The van der Waals surface area contributed by atoms with Crippen molar-refractivity contribution in [3.05, 3.63) is 23.8 Å². The fourth-order valence-corrected chi connectivity index (χ4v) is 2.58. The minimum absolute atomic E-state index is 0.479. The molecule has 1 unspecified atom stereocenters. The molecule has 1 fully saturated rings. The maximum Gasteiger partial charge on any atom is 0.161 e. The van der Waals surface area contributed by atoms with Crippen LogP contribution in [-0.4, -0.2) is 19.8 Å². The van der Waals surface area contributed by atoms with E-state index in [4.69, 9.17) is 9.47 Å². The molecule has 1 heterocycles. The molecule has 1 aromatic carbocycles. The van der Waals surface area contributed by atoms with Crippen molar-refractivity contribution in [1.82, 2.24) is 5.32 Å². The normalized spacial score (nSPS) is 20.3. The summed E-state index contributed by atoms with van der Waals surface area (Å²) in [6.07, 6.45) is 3.64. The predicted molar refractivity (Wildman–Crippen MR) is 71.2 cm³/mol. The van der Waals surface area contributed by atoms with Gasteiger partial charge in [0.05, 0.1) is 13.2 Å². The van der Waals surface area contributed by atoms with Gasteiger partial charge >= 0.3 is 0 Å². The minimum Gasteiger partial charge on any atom is -0.490 e. The Labute approximate surface area is 108 Å². The van der Waals surface area contributed by atoms with Crippen LogP contribution in [0.3, 0.4) is 0 Å². The zero-order valence-corrected chi connectivity index (χ0v) is 10.9. The number of benzene rings is 1. The van der Waals surface area contributed by atoms with Crippen molar-refractivity contribution in [1.29, 1.82) is 0 Å². The van der Waals surface area contributed by atoms with Gasteiger partial charge in [0.15, 0.2) is 11.5 Å². The summed E-state index contributed by atoms with van der Waals surface area (Å²) in [5.74, 6) is 2.60. The summed E-state index contributed by atoms with van der Waals surface area (Å²) in [5, 5.41) is 3.59. The second kappa shape index (κ2) is 5.19. The molecule has 1 aliphatic heterocycles. The van der Waals surface area contributed by atoms with Crippen molar-refractivity contribution in [3.63, 3.8) is 0 Å². The molecule has 1 aliphatic carbocycles. The van der Waals surface area contributed by atoms with E-state index in [0.717, 1.165) is 43.6 Å². The zero-order valence-electron chi connectivity index (χ0n) is 10.9. The highest BCUT2D eigenvalue weighted by Crippen LogP contribution is 2.43. The van der Waals surface area contributed by atoms with Gasteiger partial charge in [0.25, 0.3) is 0 Å². The maximum atomic E-state index is 5.76. The molecule has 3 heteroatoms. The van der Waals surface area contributed by atoms with E-state index in [1.54, 1.807) is 0 Å². The van der Waals surface area contributed by atoms with Crippen LogP contribution in [0, 0.1) is 5.92 Å². The Morgan fingerprint density at radius 1 is 1.22 bits per heavy atom. The molecule has 0 spiro atoms. The number of ether oxygens (including phenoxy) is 2. The molecule has 1 saturated carbocycles. The first-order valence-corrected chi connectivity index (χ1v) is 7.01. The third-order valence-electron chi connectivity index (χ3n) is 3.65. The standard InChI is InChI=1S/C15H21NO2/c1-2-16-15(11-4-5-11)12-6-7-13-14(10-12)18-9-3-8-17-13/h6-7,10-11,15-16H,2-5,8-9H2,1H3. The van der Waals surface area contributed by atoms with Gasteiger partial charge in [0.1, 0.15) is 0 Å². The molecular weight excluding hydrogens is 226 g/mol. The maximum absolute atomic E-state index is 5.76. The molecule has 98 valence electrons. The number of hydrogen-bond donors (Lipinski definition) is 1. The smallest absolute Gasteiger partial charge is 0.161 e. The summed E-state index contributed by atoms with van der Waals surface area (Å²) in [4.78, 5) is 0. The lowest BCUT2D eigenvalue weighted by atomic mass is 10.0. The Balaban J connectivity index is 1.85. The monoisotopic (exact) mass is 247 g/mol. The van der Waals surface area contributed by atoms with Crippen LogP contribution in [-0.2, 0) is 0 Å². The molecule has 0 aromatic heterocycles. The van der Waals surface area contributed by atoms with Crippen molar-refractivity contribution in [2.24, 2.45) is 5.92 Å². The van der Waals surface area contributed by atoms with Crippen molar-refractivity contribution >= 4 is 0 Å². The molecule has 3 nitrogen and oxygen atoms in total. The minimum atomic E-state index is 0.479. The van der Waals surface area contributed by atoms with Gasteiger partial charge in [0.2, 0.25) is 0 Å². The highest BCUT2D eigenvalue weighted by molar-refractivity contribution is 5.44. The van der Waals surface area contributed by atoms with Crippen molar-refractivity contribution in [3.8, 4) is 11.5 Å². The second-order valence-electron chi connectivity index (χ2n) is 5.13. The van der Waals surface area contributed by atoms with E-state index in [1.165, 1.54) is 18.4 Å². The molecule has 1 atom stereocenters. The number of rotatable bonds is 4. The van der Waals surface area contributed by atoms with Crippen molar-refractivity contribution in [2.75, 3.05) is 19.8 Å². The fourth-order valence-electron chi connectivity index (χ4n) is 2.58. The summed E-state index contributed by atoms with van der Waals surface area (Å²) in [6.45, 7) is 4.69. The third-order valence-corrected chi connectivity index (χ3v) is 3.65. The lowest BCUT2D eigenvalue weighted by Crippen LogP contribution is -2.22. The van der Waals surface area contributed by atoms with Gasteiger partial charge < -0.3 is 14.8 Å². The lowest BCUT2D eigenvalue weighted by molar-refractivity contribution is 0.297. The van der Waals surface area contributed by atoms with E-state index < -0.39 is 0 Å². The molecule has 1 N–H and O–H groups in total. The Morgan fingerprint density at radius 2 is 2.00 bits per heavy atom. The Bertz CT molecular complexity index is 415. The third kappa shape index (κ3) is 2.46. The second-order valence-corrected chi connectivity index (χ2v) is 5.13. The van der Waals surface area contributed by atoms with Crippen LogP contribution in [0.2, 0.25) is 0 Å². The van der Waals surface area contributed by atoms with E-state index in [2.05, 4.69) is 30.4 Å². The quantitative estimate of drug-likeness (QED) is 0.887. The van der Waals surface area contributed by atoms with Crippen LogP contribution in [0.25, 0.3) is 0 Å². The Kier molecular flexibility index (Phi) is 3.41. The van der Waals surface area contributed by atoms with Gasteiger partial charge in [-0.25, -0.2) is 0 Å². The summed E-state index contributed by atoms with van der Waals surface area (Å²) in [6, 6.07) is 6.88. The van der Waals surface area contributed by atoms with Gasteiger partial charge in [-0.05, 0) is 43.0 Å². The van der Waals surface area contributed by atoms with Gasteiger partial charge in [0, 0.05) is 12.5 Å². The van der Waals surface area contributed by atoms with Gasteiger partial charge in [-0.2, -0.15) is 0 Å². The fraction of sp³-hybridized carbons (Fsp3) is 0.600. The Morgan fingerprint density at radius 3 is 2.72 bits per heavy atom. The van der Waals surface area contributed by atoms with E-state index in [-0.39, 0.29) is 0 Å². The molecule has 0 saturated heterocycles. The predicted octanol–water partition coefficient (Wildman–Crippen LogP) is 2.91. The summed E-state index contributed by atoms with van der Waals surface area (Å²) in [7, 11) is 0. The first kappa shape index (κ1) is 11.8. The van der Waals surface area contributed by atoms with E-state index in [0.29, 0.717) is 6.04 Å². The number of nitrogens with one attached hydrogen (secondary N) is 1. The molecule has 3 rings (SSSR count). The van der Waals surface area contributed by atoms with Crippen molar-refractivity contribution < 1.29 is 9.47 Å². The largest absolute Gasteiger partial charge is 0.490 e. The molecule has 18 heavy (non-hydrogen) atoms. The van der Waals surface area contributed by atoms with Crippen LogP contribution in [0.1, 0.15) is 37.8 Å². The van der Waals surface area contributed by atoms with Crippen molar-refractivity contribution in [2.45, 2.75) is 32.2 Å². The SMILES string of the molecule is CCNC(c1ccc2c(c1)OCCCO2)C1CC1. The molecular formula is C15H21NO2. The van der Waals surface area contributed by atoms with Crippen LogP contribution in [0.4, 0.5) is 0 Å².